The molecule has 18 heavy (non-hydrogen) atoms. The minimum atomic E-state index is -3.70. The topological polar surface area (TPSA) is 85.6 Å². The quantitative estimate of drug-likeness (QED) is 0.540. The highest BCUT2D eigenvalue weighted by Gasteiger charge is 2.17. The molecule has 0 aliphatic heterocycles. The fraction of sp³-hybridized carbons (Fsp3) is 0.545. The van der Waals surface area contributed by atoms with E-state index < -0.39 is 10.0 Å². The van der Waals surface area contributed by atoms with E-state index in [1.807, 2.05) is 6.92 Å². The summed E-state index contributed by atoms with van der Waals surface area (Å²) in [5, 5.41) is -0.266. The van der Waals surface area contributed by atoms with Gasteiger partial charge in [-0.25, -0.2) is 13.1 Å². The molecule has 0 fully saturated rings. The van der Waals surface area contributed by atoms with Crippen molar-refractivity contribution in [2.24, 2.45) is 0 Å². The van der Waals surface area contributed by atoms with Crippen LogP contribution in [0, 0.1) is 0 Å². The van der Waals surface area contributed by atoms with Gasteiger partial charge in [0, 0.05) is 13.2 Å². The van der Waals surface area contributed by atoms with E-state index in [1.54, 1.807) is 0 Å². The Hall–Kier alpha value is -1.18. The number of aldehydes is 1. The smallest absolute Gasteiger partial charge is 0.274 e. The predicted octanol–water partition coefficient (Wildman–Crippen LogP) is 1.19. The number of hydrogen-bond donors (Lipinski definition) is 1. The second-order valence-electron chi connectivity index (χ2n) is 3.64. The first-order valence-electron chi connectivity index (χ1n) is 5.72. The van der Waals surface area contributed by atoms with E-state index in [-0.39, 0.29) is 17.4 Å². The number of sulfonamides is 1. The maximum atomic E-state index is 11.7. The summed E-state index contributed by atoms with van der Waals surface area (Å²) in [6, 6.07) is 2.54. The minimum absolute atomic E-state index is 0.0189. The third-order valence-corrected chi connectivity index (χ3v) is 3.50. The Labute approximate surface area is 106 Å². The Kier molecular flexibility index (Phi) is 6.03. The number of rotatable bonds is 9. The molecule has 7 heteroatoms. The summed E-state index contributed by atoms with van der Waals surface area (Å²) in [6.45, 7) is 3.14. The molecular formula is C11H17NO5S. The van der Waals surface area contributed by atoms with Gasteiger partial charge in [0.2, 0.25) is 5.09 Å². The number of nitrogens with one attached hydrogen (secondary N) is 1. The molecule has 0 aliphatic carbocycles. The molecule has 0 atom stereocenters. The van der Waals surface area contributed by atoms with Crippen molar-refractivity contribution < 1.29 is 22.4 Å². The van der Waals surface area contributed by atoms with Crippen molar-refractivity contribution in [3.63, 3.8) is 0 Å². The van der Waals surface area contributed by atoms with Gasteiger partial charge in [-0.1, -0.05) is 13.3 Å². The van der Waals surface area contributed by atoms with E-state index in [4.69, 9.17) is 9.15 Å². The van der Waals surface area contributed by atoms with Gasteiger partial charge in [0.05, 0.1) is 6.61 Å². The Morgan fingerprint density at radius 1 is 1.39 bits per heavy atom. The average Bonchev–Trinajstić information content (AvgIpc) is 2.83. The third-order valence-electron chi connectivity index (χ3n) is 2.16. The Morgan fingerprint density at radius 3 is 2.78 bits per heavy atom. The van der Waals surface area contributed by atoms with Crippen molar-refractivity contribution in [2.45, 2.75) is 24.9 Å². The van der Waals surface area contributed by atoms with Crippen LogP contribution in [0.3, 0.4) is 0 Å². The van der Waals surface area contributed by atoms with Gasteiger partial charge >= 0.3 is 0 Å². The van der Waals surface area contributed by atoms with Crippen LogP contribution >= 0.6 is 0 Å². The molecule has 1 heterocycles. The van der Waals surface area contributed by atoms with Crippen molar-refractivity contribution in [3.8, 4) is 0 Å². The van der Waals surface area contributed by atoms with Gasteiger partial charge in [-0.15, -0.1) is 0 Å². The number of hydrogen-bond acceptors (Lipinski definition) is 5. The minimum Gasteiger partial charge on any atom is -0.440 e. The predicted molar refractivity (Wildman–Crippen MR) is 65.0 cm³/mol. The lowest BCUT2D eigenvalue weighted by Gasteiger charge is -2.05. The van der Waals surface area contributed by atoms with Gasteiger partial charge in [0.25, 0.3) is 10.0 Å². The largest absolute Gasteiger partial charge is 0.440 e. The zero-order valence-electron chi connectivity index (χ0n) is 10.2. The Morgan fingerprint density at radius 2 is 2.17 bits per heavy atom. The number of carbonyl (C=O) groups is 1. The zero-order chi connectivity index (χ0) is 13.4. The van der Waals surface area contributed by atoms with Crippen LogP contribution in [0.5, 0.6) is 0 Å². The monoisotopic (exact) mass is 275 g/mol. The fourth-order valence-electron chi connectivity index (χ4n) is 1.21. The van der Waals surface area contributed by atoms with Gasteiger partial charge in [-0.3, -0.25) is 4.79 Å². The van der Waals surface area contributed by atoms with Crippen molar-refractivity contribution in [3.05, 3.63) is 17.9 Å². The van der Waals surface area contributed by atoms with Crippen LogP contribution in [0.25, 0.3) is 0 Å². The van der Waals surface area contributed by atoms with Crippen LogP contribution in [0.1, 0.15) is 30.3 Å². The van der Waals surface area contributed by atoms with E-state index in [1.165, 1.54) is 12.1 Å². The van der Waals surface area contributed by atoms with Crippen molar-refractivity contribution in [2.75, 3.05) is 19.8 Å². The Balaban J connectivity index is 2.38. The average molecular weight is 275 g/mol. The molecule has 0 aromatic carbocycles. The molecule has 1 aromatic heterocycles. The molecule has 6 nitrogen and oxygen atoms in total. The summed E-state index contributed by atoms with van der Waals surface area (Å²) in [5.74, 6) is -0.0189. The zero-order valence-corrected chi connectivity index (χ0v) is 11.0. The summed E-state index contributed by atoms with van der Waals surface area (Å²) in [5.41, 5.74) is 0. The molecule has 0 saturated heterocycles. The molecule has 1 rings (SSSR count). The molecule has 0 bridgehead atoms. The lowest BCUT2D eigenvalue weighted by atomic mass is 10.4. The molecule has 0 saturated carbocycles. The van der Waals surface area contributed by atoms with Gasteiger partial charge in [0.1, 0.15) is 0 Å². The number of ether oxygens (including phenoxy) is 1. The lowest BCUT2D eigenvalue weighted by molar-refractivity contribution is 0.109. The first kappa shape index (κ1) is 14.9. The van der Waals surface area contributed by atoms with E-state index >= 15 is 0 Å². The van der Waals surface area contributed by atoms with Gasteiger partial charge in [-0.2, -0.15) is 0 Å². The van der Waals surface area contributed by atoms with Gasteiger partial charge < -0.3 is 9.15 Å². The molecule has 1 aromatic rings. The molecular weight excluding hydrogens is 258 g/mol. The number of carbonyl (C=O) groups excluding carboxylic acids is 1. The van der Waals surface area contributed by atoms with E-state index in [2.05, 4.69) is 4.72 Å². The van der Waals surface area contributed by atoms with Crippen LogP contribution < -0.4 is 4.72 Å². The normalized spacial score (nSPS) is 11.6. The Bertz CT molecular complexity index is 466. The SMILES string of the molecule is CCCCOCCNS(=O)(=O)c1ccc(C=O)o1. The van der Waals surface area contributed by atoms with E-state index in [0.717, 1.165) is 12.8 Å². The first-order valence-corrected chi connectivity index (χ1v) is 7.21. The molecule has 102 valence electrons. The summed E-state index contributed by atoms with van der Waals surface area (Å²) >= 11 is 0. The van der Waals surface area contributed by atoms with Crippen molar-refractivity contribution >= 4 is 16.3 Å². The molecule has 0 aliphatic rings. The maximum absolute atomic E-state index is 11.7. The van der Waals surface area contributed by atoms with Crippen LogP contribution in [-0.4, -0.2) is 34.5 Å². The summed E-state index contributed by atoms with van der Waals surface area (Å²) in [4.78, 5) is 10.4. The number of furan rings is 1. The van der Waals surface area contributed by atoms with Crippen LogP contribution in [0.4, 0.5) is 0 Å². The van der Waals surface area contributed by atoms with Crippen molar-refractivity contribution in [1.29, 1.82) is 0 Å². The summed E-state index contributed by atoms with van der Waals surface area (Å²) < 4.78 is 35.7. The standard InChI is InChI=1S/C11H17NO5S/c1-2-3-7-16-8-6-12-18(14,15)11-5-4-10(9-13)17-11/h4-5,9,12H,2-3,6-8H2,1H3. The highest BCUT2D eigenvalue weighted by molar-refractivity contribution is 7.89. The second kappa shape index (κ2) is 7.30. The lowest BCUT2D eigenvalue weighted by Crippen LogP contribution is -2.27. The van der Waals surface area contributed by atoms with Gasteiger partial charge in [-0.05, 0) is 18.6 Å². The number of unbranched alkanes of at least 4 members (excludes halogenated alkanes) is 1. The first-order chi connectivity index (χ1) is 8.60. The van der Waals surface area contributed by atoms with Crippen molar-refractivity contribution in [1.82, 2.24) is 4.72 Å². The highest BCUT2D eigenvalue weighted by Crippen LogP contribution is 2.11. The van der Waals surface area contributed by atoms with E-state index in [0.29, 0.717) is 19.5 Å². The van der Waals surface area contributed by atoms with E-state index in [9.17, 15) is 13.2 Å². The molecule has 0 radical (unpaired) electrons. The fourth-order valence-corrected chi connectivity index (χ4v) is 2.16. The molecule has 0 amide bonds. The summed E-state index contributed by atoms with van der Waals surface area (Å²) in [6.07, 6.45) is 2.44. The second-order valence-corrected chi connectivity index (χ2v) is 5.34. The molecule has 0 spiro atoms. The maximum Gasteiger partial charge on any atom is 0.274 e. The summed E-state index contributed by atoms with van der Waals surface area (Å²) in [7, 11) is -3.70. The third kappa shape index (κ3) is 4.59. The molecule has 0 unspecified atom stereocenters. The highest BCUT2D eigenvalue weighted by atomic mass is 32.2. The van der Waals surface area contributed by atoms with Gasteiger partial charge in [0.15, 0.2) is 12.0 Å². The molecule has 1 N–H and O–H groups in total. The van der Waals surface area contributed by atoms with Crippen LogP contribution in [0.15, 0.2) is 21.6 Å². The van der Waals surface area contributed by atoms with Crippen LogP contribution in [0.2, 0.25) is 0 Å². The van der Waals surface area contributed by atoms with Crippen LogP contribution in [-0.2, 0) is 14.8 Å².